The Labute approximate surface area is 133 Å². The maximum absolute atomic E-state index is 6.06. The molecule has 1 aliphatic carbocycles. The lowest BCUT2D eigenvalue weighted by Crippen LogP contribution is -2.19. The van der Waals surface area contributed by atoms with Gasteiger partial charge in [-0.2, -0.15) is 0 Å². The van der Waals surface area contributed by atoms with Crippen molar-refractivity contribution in [3.05, 3.63) is 62.1 Å². The van der Waals surface area contributed by atoms with Crippen LogP contribution in [0.4, 0.5) is 5.69 Å². The van der Waals surface area contributed by atoms with Crippen molar-refractivity contribution in [3.8, 4) is 0 Å². The molecule has 1 aliphatic rings. The van der Waals surface area contributed by atoms with E-state index in [1.165, 1.54) is 32.4 Å². The van der Waals surface area contributed by atoms with Crippen LogP contribution < -0.4 is 5.32 Å². The van der Waals surface area contributed by atoms with Crippen molar-refractivity contribution in [1.82, 2.24) is 0 Å². The van der Waals surface area contributed by atoms with Crippen LogP contribution in [0.2, 0.25) is 5.02 Å². The Morgan fingerprint density at radius 1 is 1.05 bits per heavy atom. The van der Waals surface area contributed by atoms with Gasteiger partial charge in [-0.05, 0) is 73.2 Å². The van der Waals surface area contributed by atoms with Crippen molar-refractivity contribution in [3.63, 3.8) is 0 Å². The zero-order valence-corrected chi connectivity index (χ0v) is 14.0. The van der Waals surface area contributed by atoms with Crippen molar-refractivity contribution < 1.29 is 0 Å². The first-order chi connectivity index (χ1) is 9.52. The zero-order chi connectivity index (χ0) is 14.3. The number of benzene rings is 2. The first kappa shape index (κ1) is 14.0. The smallest absolute Gasteiger partial charge is 0.0408 e. The summed E-state index contributed by atoms with van der Waals surface area (Å²) in [5.74, 6) is 0. The molecule has 0 heterocycles. The van der Waals surface area contributed by atoms with Gasteiger partial charge in [0, 0.05) is 21.2 Å². The van der Waals surface area contributed by atoms with Gasteiger partial charge in [0.25, 0.3) is 0 Å². The third kappa shape index (κ3) is 2.72. The van der Waals surface area contributed by atoms with Gasteiger partial charge >= 0.3 is 0 Å². The summed E-state index contributed by atoms with van der Waals surface area (Å²) in [6, 6.07) is 11.1. The van der Waals surface area contributed by atoms with E-state index in [2.05, 4.69) is 59.4 Å². The topological polar surface area (TPSA) is 12.0 Å². The highest BCUT2D eigenvalue weighted by atomic mass is 79.9. The third-order valence-electron chi connectivity index (χ3n) is 3.91. The van der Waals surface area contributed by atoms with Gasteiger partial charge < -0.3 is 5.32 Å². The minimum atomic E-state index is 0.462. The zero-order valence-electron chi connectivity index (χ0n) is 11.6. The fourth-order valence-corrected chi connectivity index (χ4v) is 3.38. The van der Waals surface area contributed by atoms with Crippen LogP contribution >= 0.6 is 27.5 Å². The van der Waals surface area contributed by atoms with Gasteiger partial charge in [-0.3, -0.25) is 0 Å². The molecule has 1 N–H and O–H groups in total. The average molecular weight is 351 g/mol. The van der Waals surface area contributed by atoms with E-state index in [1.54, 1.807) is 0 Å². The van der Waals surface area contributed by atoms with E-state index in [4.69, 9.17) is 11.6 Å². The minimum absolute atomic E-state index is 0.462. The van der Waals surface area contributed by atoms with E-state index in [0.29, 0.717) is 6.04 Å². The number of fused-ring (bicyclic) bond motifs is 1. The van der Waals surface area contributed by atoms with Gasteiger partial charge in [-0.25, -0.2) is 0 Å². The average Bonchev–Trinajstić information content (AvgIpc) is 2.77. The molecule has 2 aromatic rings. The van der Waals surface area contributed by atoms with E-state index in [-0.39, 0.29) is 0 Å². The van der Waals surface area contributed by atoms with Crippen molar-refractivity contribution in [2.75, 3.05) is 5.32 Å². The van der Waals surface area contributed by atoms with Crippen LogP contribution in [-0.4, -0.2) is 6.04 Å². The standard InChI is InChI=1S/C17H17BrClN/c1-10-5-15(6-11(2)17(10)18)20-16-8-12-3-4-14(19)7-13(12)9-16/h3-7,16,20H,8-9H2,1-2H3. The summed E-state index contributed by atoms with van der Waals surface area (Å²) in [5.41, 5.74) is 6.53. The first-order valence-corrected chi connectivity index (χ1v) is 8.00. The van der Waals surface area contributed by atoms with Crippen molar-refractivity contribution >= 4 is 33.2 Å². The van der Waals surface area contributed by atoms with Gasteiger partial charge in [0.05, 0.1) is 0 Å². The first-order valence-electron chi connectivity index (χ1n) is 6.83. The molecule has 0 fully saturated rings. The summed E-state index contributed by atoms with van der Waals surface area (Å²) in [5, 5.41) is 4.49. The number of hydrogen-bond donors (Lipinski definition) is 1. The monoisotopic (exact) mass is 349 g/mol. The molecule has 104 valence electrons. The predicted octanol–water partition coefficient (Wildman–Crippen LogP) is 5.30. The lowest BCUT2D eigenvalue weighted by atomic mass is 10.1. The highest BCUT2D eigenvalue weighted by Gasteiger charge is 2.21. The van der Waals surface area contributed by atoms with Crippen LogP contribution in [0.15, 0.2) is 34.8 Å². The maximum atomic E-state index is 6.06. The summed E-state index contributed by atoms with van der Waals surface area (Å²) in [7, 11) is 0. The van der Waals surface area contributed by atoms with Crippen LogP contribution in [0, 0.1) is 13.8 Å². The van der Waals surface area contributed by atoms with Gasteiger partial charge in [-0.1, -0.05) is 33.6 Å². The molecule has 0 bridgehead atoms. The number of rotatable bonds is 2. The molecular formula is C17H17BrClN. The van der Waals surface area contributed by atoms with Crippen molar-refractivity contribution in [1.29, 1.82) is 0 Å². The van der Waals surface area contributed by atoms with Crippen LogP contribution in [0.5, 0.6) is 0 Å². The molecule has 3 rings (SSSR count). The predicted molar refractivity (Wildman–Crippen MR) is 89.9 cm³/mol. The van der Waals surface area contributed by atoms with Gasteiger partial charge in [0.1, 0.15) is 0 Å². The lowest BCUT2D eigenvalue weighted by molar-refractivity contribution is 0.774. The SMILES string of the molecule is Cc1cc(NC2Cc3ccc(Cl)cc3C2)cc(C)c1Br. The molecule has 0 radical (unpaired) electrons. The molecule has 3 heteroatoms. The van der Waals surface area contributed by atoms with Gasteiger partial charge in [0.2, 0.25) is 0 Å². The molecule has 1 unspecified atom stereocenters. The Hall–Kier alpha value is -0.990. The number of halogens is 2. The summed E-state index contributed by atoms with van der Waals surface area (Å²) < 4.78 is 1.20. The molecule has 0 amide bonds. The van der Waals surface area contributed by atoms with Gasteiger partial charge in [-0.15, -0.1) is 0 Å². The molecule has 2 aromatic carbocycles. The normalized spacial score (nSPS) is 17.1. The quantitative estimate of drug-likeness (QED) is 0.775. The van der Waals surface area contributed by atoms with E-state index < -0.39 is 0 Å². The molecule has 0 spiro atoms. The summed E-state index contributed by atoms with van der Waals surface area (Å²) >= 11 is 9.68. The fourth-order valence-electron chi connectivity index (χ4n) is 2.95. The molecule has 0 aromatic heterocycles. The highest BCUT2D eigenvalue weighted by Crippen LogP contribution is 2.29. The summed E-state index contributed by atoms with van der Waals surface area (Å²) in [6.07, 6.45) is 2.12. The van der Waals surface area contributed by atoms with Crippen molar-refractivity contribution in [2.45, 2.75) is 32.7 Å². The molecule has 0 aliphatic heterocycles. The number of aryl methyl sites for hydroxylation is 2. The number of nitrogens with one attached hydrogen (secondary N) is 1. The van der Waals surface area contributed by atoms with Crippen LogP contribution in [0.3, 0.4) is 0 Å². The summed E-state index contributed by atoms with van der Waals surface area (Å²) in [4.78, 5) is 0. The minimum Gasteiger partial charge on any atom is -0.382 e. The Bertz CT molecular complexity index is 643. The number of hydrogen-bond acceptors (Lipinski definition) is 1. The number of anilines is 1. The van der Waals surface area contributed by atoms with E-state index in [0.717, 1.165) is 17.9 Å². The summed E-state index contributed by atoms with van der Waals surface area (Å²) in [6.45, 7) is 4.26. The van der Waals surface area contributed by atoms with E-state index in [9.17, 15) is 0 Å². The second-order valence-electron chi connectivity index (χ2n) is 5.59. The molecule has 20 heavy (non-hydrogen) atoms. The van der Waals surface area contributed by atoms with E-state index >= 15 is 0 Å². The Morgan fingerprint density at radius 2 is 1.70 bits per heavy atom. The van der Waals surface area contributed by atoms with E-state index in [1.807, 2.05) is 6.07 Å². The third-order valence-corrected chi connectivity index (χ3v) is 5.39. The molecular weight excluding hydrogens is 334 g/mol. The van der Waals surface area contributed by atoms with Gasteiger partial charge in [0.15, 0.2) is 0 Å². The Morgan fingerprint density at radius 3 is 2.40 bits per heavy atom. The van der Waals surface area contributed by atoms with Crippen molar-refractivity contribution in [2.24, 2.45) is 0 Å². The second-order valence-corrected chi connectivity index (χ2v) is 6.82. The molecule has 1 nitrogen and oxygen atoms in total. The second kappa shape index (κ2) is 5.42. The Balaban J connectivity index is 1.78. The highest BCUT2D eigenvalue weighted by molar-refractivity contribution is 9.10. The Kier molecular flexibility index (Phi) is 3.78. The van der Waals surface area contributed by atoms with Crippen LogP contribution in [0.1, 0.15) is 22.3 Å². The lowest BCUT2D eigenvalue weighted by Gasteiger charge is -2.16. The molecule has 1 atom stereocenters. The maximum Gasteiger partial charge on any atom is 0.0408 e. The fraction of sp³-hybridized carbons (Fsp3) is 0.294. The molecule has 0 saturated carbocycles. The van der Waals surface area contributed by atoms with Crippen LogP contribution in [0.25, 0.3) is 0 Å². The largest absolute Gasteiger partial charge is 0.382 e. The molecule has 0 saturated heterocycles. The van der Waals surface area contributed by atoms with Crippen LogP contribution in [-0.2, 0) is 12.8 Å².